The van der Waals surface area contributed by atoms with Crippen molar-refractivity contribution in [1.82, 2.24) is 0 Å². The number of benzene rings is 2. The summed E-state index contributed by atoms with van der Waals surface area (Å²) in [5, 5.41) is 18.0. The van der Waals surface area contributed by atoms with Crippen molar-refractivity contribution in [1.29, 1.82) is 0 Å². The Hall–Kier alpha value is -2.86. The number of rotatable bonds is 7. The van der Waals surface area contributed by atoms with Gasteiger partial charge in [0.15, 0.2) is 5.92 Å². The highest BCUT2D eigenvalue weighted by Crippen LogP contribution is 2.24. The quantitative estimate of drug-likeness (QED) is 0.675. The Morgan fingerprint density at radius 3 is 2.26 bits per heavy atom. The molecule has 1 atom stereocenters. The Morgan fingerprint density at radius 2 is 1.65 bits per heavy atom. The molecule has 0 spiro atoms. The Balaban J connectivity index is 2.12. The van der Waals surface area contributed by atoms with Crippen LogP contribution in [0.25, 0.3) is 0 Å². The normalized spacial score (nSPS) is 11.9. The average Bonchev–Trinajstić information content (AvgIpc) is 2.53. The summed E-state index contributed by atoms with van der Waals surface area (Å²) in [6.45, 7) is 0.348. The van der Waals surface area contributed by atoms with Crippen molar-refractivity contribution in [3.8, 4) is 5.75 Å². The molecule has 0 fully saturated rings. The first kappa shape index (κ1) is 16.5. The Bertz CT molecular complexity index is 672. The average molecular weight is 315 g/mol. The van der Waals surface area contributed by atoms with Gasteiger partial charge in [0, 0.05) is 0 Å². The van der Waals surface area contributed by atoms with Gasteiger partial charge in [-0.25, -0.2) is 0 Å². The van der Waals surface area contributed by atoms with Crippen LogP contribution in [0.5, 0.6) is 5.75 Å². The lowest BCUT2D eigenvalue weighted by atomic mass is 9.94. The van der Waals surface area contributed by atoms with Gasteiger partial charge in [0.05, 0.1) is 6.04 Å². The lowest BCUT2D eigenvalue weighted by Gasteiger charge is -2.17. The van der Waals surface area contributed by atoms with E-state index in [0.29, 0.717) is 17.9 Å². The van der Waals surface area contributed by atoms with E-state index in [1.54, 1.807) is 24.3 Å². The number of carboxylic acids is 2. The fourth-order valence-corrected chi connectivity index (χ4v) is 2.16. The minimum atomic E-state index is -1.71. The molecule has 0 bridgehead atoms. The molecule has 2 aromatic carbocycles. The maximum Gasteiger partial charge on any atom is 0.319 e. The fourth-order valence-electron chi connectivity index (χ4n) is 2.16. The highest BCUT2D eigenvalue weighted by atomic mass is 16.5. The molecule has 4 N–H and O–H groups in total. The number of hydrogen-bond acceptors (Lipinski definition) is 4. The zero-order valence-corrected chi connectivity index (χ0v) is 12.3. The van der Waals surface area contributed by atoms with Crippen molar-refractivity contribution in [3.63, 3.8) is 0 Å². The molecule has 0 saturated carbocycles. The first-order valence-electron chi connectivity index (χ1n) is 6.97. The van der Waals surface area contributed by atoms with Gasteiger partial charge in [-0.2, -0.15) is 0 Å². The third kappa shape index (κ3) is 4.31. The van der Waals surface area contributed by atoms with E-state index >= 15 is 0 Å². The van der Waals surface area contributed by atoms with E-state index < -0.39 is 23.9 Å². The van der Waals surface area contributed by atoms with Crippen molar-refractivity contribution < 1.29 is 24.5 Å². The smallest absolute Gasteiger partial charge is 0.319 e. The molecular formula is C17H17NO5. The Morgan fingerprint density at radius 1 is 1.00 bits per heavy atom. The van der Waals surface area contributed by atoms with Gasteiger partial charge in [-0.3, -0.25) is 9.59 Å². The van der Waals surface area contributed by atoms with Crippen molar-refractivity contribution in [2.75, 3.05) is 0 Å². The molecule has 0 aromatic heterocycles. The second-order valence-corrected chi connectivity index (χ2v) is 5.03. The number of hydrogen-bond donors (Lipinski definition) is 3. The minimum absolute atomic E-state index is 0.348. The highest BCUT2D eigenvalue weighted by Gasteiger charge is 2.33. The van der Waals surface area contributed by atoms with Gasteiger partial charge < -0.3 is 20.7 Å². The first-order chi connectivity index (χ1) is 11.0. The molecular weight excluding hydrogens is 298 g/mol. The van der Waals surface area contributed by atoms with Crippen molar-refractivity contribution in [3.05, 3.63) is 65.7 Å². The molecule has 2 rings (SSSR count). The van der Waals surface area contributed by atoms with Crippen LogP contribution in [-0.2, 0) is 16.2 Å². The third-order valence-corrected chi connectivity index (χ3v) is 3.38. The van der Waals surface area contributed by atoms with Crippen LogP contribution in [-0.4, -0.2) is 22.2 Å². The van der Waals surface area contributed by atoms with Gasteiger partial charge in [0.25, 0.3) is 0 Å². The lowest BCUT2D eigenvalue weighted by Crippen LogP contribution is -2.34. The molecule has 2 aromatic rings. The summed E-state index contributed by atoms with van der Waals surface area (Å²) >= 11 is 0. The monoisotopic (exact) mass is 315 g/mol. The topological polar surface area (TPSA) is 110 Å². The summed E-state index contributed by atoms with van der Waals surface area (Å²) < 4.78 is 5.63. The van der Waals surface area contributed by atoms with Crippen LogP contribution in [0.3, 0.4) is 0 Å². The number of ether oxygens (including phenoxy) is 1. The van der Waals surface area contributed by atoms with Gasteiger partial charge in [-0.1, -0.05) is 42.5 Å². The fraction of sp³-hybridized carbons (Fsp3) is 0.176. The molecule has 6 nitrogen and oxygen atoms in total. The van der Waals surface area contributed by atoms with Crippen LogP contribution in [0, 0.1) is 5.92 Å². The van der Waals surface area contributed by atoms with E-state index in [1.807, 2.05) is 30.3 Å². The van der Waals surface area contributed by atoms with Crippen molar-refractivity contribution >= 4 is 11.9 Å². The highest BCUT2D eigenvalue weighted by molar-refractivity contribution is 5.94. The van der Waals surface area contributed by atoms with E-state index in [-0.39, 0.29) is 0 Å². The van der Waals surface area contributed by atoms with Crippen LogP contribution in [0.2, 0.25) is 0 Å². The zero-order valence-electron chi connectivity index (χ0n) is 12.3. The molecule has 0 aliphatic heterocycles. The standard InChI is InChI=1S/C17H17NO5/c18-15(14(16(19)20)17(21)22)12-7-4-8-13(9-12)23-10-11-5-2-1-3-6-11/h1-9,14-15H,10,18H2,(H,19,20)(H,21,22)/t15-/m1/s1. The van der Waals surface area contributed by atoms with Crippen molar-refractivity contribution in [2.24, 2.45) is 11.7 Å². The third-order valence-electron chi connectivity index (χ3n) is 3.38. The summed E-state index contributed by atoms with van der Waals surface area (Å²) in [6.07, 6.45) is 0. The number of aliphatic carboxylic acids is 2. The summed E-state index contributed by atoms with van der Waals surface area (Å²) in [4.78, 5) is 22.1. The van der Waals surface area contributed by atoms with Gasteiger partial charge >= 0.3 is 11.9 Å². The molecule has 0 radical (unpaired) electrons. The van der Waals surface area contributed by atoms with Gasteiger partial charge in [0.2, 0.25) is 0 Å². The van der Waals surface area contributed by atoms with Gasteiger partial charge in [0.1, 0.15) is 12.4 Å². The SMILES string of the molecule is N[C@H](c1cccc(OCc2ccccc2)c1)C(C(=O)O)C(=O)O. The molecule has 120 valence electrons. The second-order valence-electron chi connectivity index (χ2n) is 5.03. The first-order valence-corrected chi connectivity index (χ1v) is 6.97. The largest absolute Gasteiger partial charge is 0.489 e. The van der Waals surface area contributed by atoms with E-state index in [2.05, 4.69) is 0 Å². The summed E-state index contributed by atoms with van der Waals surface area (Å²) in [6, 6.07) is 14.9. The molecule has 0 unspecified atom stereocenters. The number of nitrogens with two attached hydrogens (primary N) is 1. The van der Waals surface area contributed by atoms with Gasteiger partial charge in [-0.15, -0.1) is 0 Å². The maximum atomic E-state index is 11.1. The van der Waals surface area contributed by atoms with Crippen LogP contribution in [0.4, 0.5) is 0 Å². The van der Waals surface area contributed by atoms with Gasteiger partial charge in [-0.05, 0) is 23.3 Å². The summed E-state index contributed by atoms with van der Waals surface area (Å²) in [5.41, 5.74) is 7.18. The van der Waals surface area contributed by atoms with E-state index in [4.69, 9.17) is 20.7 Å². The molecule has 0 heterocycles. The molecule has 6 heteroatoms. The van der Waals surface area contributed by atoms with Crippen LogP contribution in [0.1, 0.15) is 17.2 Å². The molecule has 0 amide bonds. The van der Waals surface area contributed by atoms with E-state index in [9.17, 15) is 9.59 Å². The Labute approximate surface area is 133 Å². The van der Waals surface area contributed by atoms with Crippen LogP contribution >= 0.6 is 0 Å². The van der Waals surface area contributed by atoms with Crippen LogP contribution in [0.15, 0.2) is 54.6 Å². The molecule has 0 aliphatic carbocycles. The molecule has 23 heavy (non-hydrogen) atoms. The van der Waals surface area contributed by atoms with Crippen LogP contribution < -0.4 is 10.5 Å². The Kier molecular flexibility index (Phi) is 5.32. The predicted octanol–water partition coefficient (Wildman–Crippen LogP) is 2.05. The van der Waals surface area contributed by atoms with Crippen molar-refractivity contribution in [2.45, 2.75) is 12.6 Å². The second kappa shape index (κ2) is 7.42. The summed E-state index contributed by atoms with van der Waals surface area (Å²) in [5.74, 6) is -4.16. The minimum Gasteiger partial charge on any atom is -0.489 e. The van der Waals surface area contributed by atoms with E-state index in [1.165, 1.54) is 0 Å². The number of carboxylic acid groups (broad SMARTS) is 2. The molecule has 0 aliphatic rings. The number of carbonyl (C=O) groups is 2. The molecule has 0 saturated heterocycles. The van der Waals surface area contributed by atoms with E-state index in [0.717, 1.165) is 5.56 Å². The zero-order chi connectivity index (χ0) is 16.8. The lowest BCUT2D eigenvalue weighted by molar-refractivity contribution is -0.155. The summed E-state index contributed by atoms with van der Waals surface area (Å²) in [7, 11) is 0. The maximum absolute atomic E-state index is 11.1. The predicted molar refractivity (Wildman–Crippen MR) is 82.9 cm³/mol.